The van der Waals surface area contributed by atoms with Crippen molar-refractivity contribution in [3.05, 3.63) is 35.4 Å². The zero-order valence-electron chi connectivity index (χ0n) is 7.79. The molecule has 0 saturated carbocycles. The summed E-state index contributed by atoms with van der Waals surface area (Å²) in [5.41, 5.74) is 3.91. The van der Waals surface area contributed by atoms with Crippen LogP contribution in [0.1, 0.15) is 5.56 Å². The number of ether oxygens (including phenoxy) is 1. The van der Waals surface area contributed by atoms with Crippen LogP contribution in [0.15, 0.2) is 29.8 Å². The highest BCUT2D eigenvalue weighted by Gasteiger charge is 2.11. The first-order valence-corrected chi connectivity index (χ1v) is 5.08. The van der Waals surface area contributed by atoms with E-state index in [4.69, 9.17) is 16.3 Å². The monoisotopic (exact) mass is 209 g/mol. The van der Waals surface area contributed by atoms with Crippen molar-refractivity contribution in [1.29, 1.82) is 0 Å². The summed E-state index contributed by atoms with van der Waals surface area (Å²) in [5.74, 6) is 1.02. The van der Waals surface area contributed by atoms with Gasteiger partial charge in [0.05, 0.1) is 6.61 Å². The Hall–Kier alpha value is -1.15. The molecule has 1 aliphatic rings. The van der Waals surface area contributed by atoms with E-state index in [0.29, 0.717) is 0 Å². The van der Waals surface area contributed by atoms with Crippen molar-refractivity contribution >= 4 is 17.3 Å². The van der Waals surface area contributed by atoms with E-state index >= 15 is 0 Å². The zero-order chi connectivity index (χ0) is 9.80. The van der Waals surface area contributed by atoms with Crippen LogP contribution in [0.5, 0.6) is 5.75 Å². The normalized spacial score (nSPS) is 14.1. The first kappa shape index (κ1) is 9.41. The van der Waals surface area contributed by atoms with Crippen molar-refractivity contribution in [3.8, 4) is 5.75 Å². The summed E-state index contributed by atoms with van der Waals surface area (Å²) in [7, 11) is 0. The summed E-state index contributed by atoms with van der Waals surface area (Å²) >= 11 is 5.42. The fourth-order valence-electron chi connectivity index (χ4n) is 1.52. The molecule has 0 atom stereocenters. The lowest BCUT2D eigenvalue weighted by atomic mass is 10.1. The Morgan fingerprint density at radius 2 is 2.43 bits per heavy atom. The predicted octanol–water partition coefficient (Wildman–Crippen LogP) is 2.79. The van der Waals surface area contributed by atoms with Crippen LogP contribution in [0.25, 0.3) is 0 Å². The number of fused-ring (bicyclic) bond motifs is 1. The van der Waals surface area contributed by atoms with Crippen molar-refractivity contribution in [2.45, 2.75) is 6.42 Å². The van der Waals surface area contributed by atoms with E-state index < -0.39 is 0 Å². The Morgan fingerprint density at radius 3 is 3.29 bits per heavy atom. The lowest BCUT2D eigenvalue weighted by Crippen LogP contribution is -1.97. The lowest BCUT2D eigenvalue weighted by Gasteiger charge is -2.04. The molecule has 1 N–H and O–H groups in total. The molecule has 1 aromatic rings. The van der Waals surface area contributed by atoms with Crippen LogP contribution in [0.3, 0.4) is 0 Å². The van der Waals surface area contributed by atoms with Crippen molar-refractivity contribution in [3.63, 3.8) is 0 Å². The second-order valence-corrected chi connectivity index (χ2v) is 3.42. The van der Waals surface area contributed by atoms with Crippen molar-refractivity contribution in [2.24, 2.45) is 0 Å². The molecular formula is C11H12ClNO. The van der Waals surface area contributed by atoms with E-state index in [1.165, 1.54) is 11.1 Å². The third kappa shape index (κ3) is 2.02. The quantitative estimate of drug-likeness (QED) is 0.827. The van der Waals surface area contributed by atoms with Gasteiger partial charge in [-0.2, -0.15) is 0 Å². The molecule has 0 bridgehead atoms. The standard InChI is InChI=1S/C11H12ClNO/c12-5-1-6-13-10-2-3-11-9(8-10)4-7-14-11/h1-3,5,8,13H,4,6-7H2/b5-1+. The van der Waals surface area contributed by atoms with Gasteiger partial charge in [-0.25, -0.2) is 0 Å². The second-order valence-electron chi connectivity index (χ2n) is 3.16. The highest BCUT2D eigenvalue weighted by molar-refractivity contribution is 6.25. The highest BCUT2D eigenvalue weighted by Crippen LogP contribution is 2.27. The molecule has 0 saturated heterocycles. The number of hydrogen-bond donors (Lipinski definition) is 1. The number of hydrogen-bond acceptors (Lipinski definition) is 2. The number of halogens is 1. The molecule has 3 heteroatoms. The van der Waals surface area contributed by atoms with Crippen LogP contribution in [0.4, 0.5) is 5.69 Å². The smallest absolute Gasteiger partial charge is 0.122 e. The van der Waals surface area contributed by atoms with Crippen molar-refractivity contribution in [1.82, 2.24) is 0 Å². The van der Waals surface area contributed by atoms with Gasteiger partial charge in [-0.1, -0.05) is 17.7 Å². The van der Waals surface area contributed by atoms with E-state index in [1.807, 2.05) is 18.2 Å². The number of rotatable bonds is 3. The predicted molar refractivity (Wildman–Crippen MR) is 59.1 cm³/mol. The Kier molecular flexibility index (Phi) is 2.94. The number of nitrogens with one attached hydrogen (secondary N) is 1. The lowest BCUT2D eigenvalue weighted by molar-refractivity contribution is 0.357. The van der Waals surface area contributed by atoms with Crippen LogP contribution < -0.4 is 10.1 Å². The third-order valence-electron chi connectivity index (χ3n) is 2.20. The van der Waals surface area contributed by atoms with Gasteiger partial charge in [0.2, 0.25) is 0 Å². The Morgan fingerprint density at radius 1 is 1.50 bits per heavy atom. The van der Waals surface area contributed by atoms with Gasteiger partial charge in [-0.3, -0.25) is 0 Å². The molecule has 14 heavy (non-hydrogen) atoms. The van der Waals surface area contributed by atoms with Crippen LogP contribution in [0, 0.1) is 0 Å². The molecule has 0 amide bonds. The summed E-state index contributed by atoms with van der Waals surface area (Å²) < 4.78 is 5.42. The first-order valence-electron chi connectivity index (χ1n) is 4.65. The molecule has 2 rings (SSSR count). The van der Waals surface area contributed by atoms with Crippen LogP contribution in [-0.4, -0.2) is 13.2 Å². The van der Waals surface area contributed by atoms with E-state index in [9.17, 15) is 0 Å². The minimum absolute atomic E-state index is 0.753. The van der Waals surface area contributed by atoms with Crippen molar-refractivity contribution in [2.75, 3.05) is 18.5 Å². The SMILES string of the molecule is Cl/C=C/CNc1ccc2c(c1)CCO2. The number of anilines is 1. The maximum atomic E-state index is 5.42. The average molecular weight is 210 g/mol. The summed E-state index contributed by atoms with van der Waals surface area (Å²) in [5, 5.41) is 3.25. The molecule has 0 unspecified atom stereocenters. The maximum absolute atomic E-state index is 5.42. The topological polar surface area (TPSA) is 21.3 Å². The molecule has 0 fully saturated rings. The molecule has 1 heterocycles. The van der Waals surface area contributed by atoms with Gasteiger partial charge < -0.3 is 10.1 Å². The van der Waals surface area contributed by atoms with Gasteiger partial charge >= 0.3 is 0 Å². The number of benzene rings is 1. The largest absolute Gasteiger partial charge is 0.493 e. The molecule has 0 spiro atoms. The van der Waals surface area contributed by atoms with E-state index in [0.717, 1.165) is 31.0 Å². The van der Waals surface area contributed by atoms with Crippen LogP contribution in [-0.2, 0) is 6.42 Å². The Labute approximate surface area is 88.5 Å². The van der Waals surface area contributed by atoms with Gasteiger partial charge in [0.15, 0.2) is 0 Å². The first-order chi connectivity index (χ1) is 6.90. The van der Waals surface area contributed by atoms with Gasteiger partial charge in [0.25, 0.3) is 0 Å². The molecule has 2 nitrogen and oxygen atoms in total. The molecule has 74 valence electrons. The van der Waals surface area contributed by atoms with Crippen molar-refractivity contribution < 1.29 is 4.74 Å². The van der Waals surface area contributed by atoms with Crippen LogP contribution >= 0.6 is 11.6 Å². The molecule has 1 aliphatic heterocycles. The Bertz CT molecular complexity index is 349. The van der Waals surface area contributed by atoms with E-state index in [-0.39, 0.29) is 0 Å². The molecule has 0 aromatic heterocycles. The Balaban J connectivity index is 2.05. The fraction of sp³-hybridized carbons (Fsp3) is 0.273. The van der Waals surface area contributed by atoms with Crippen LogP contribution in [0.2, 0.25) is 0 Å². The molecule has 0 aliphatic carbocycles. The van der Waals surface area contributed by atoms with Gasteiger partial charge in [-0.15, -0.1) is 0 Å². The van der Waals surface area contributed by atoms with E-state index in [1.54, 1.807) is 0 Å². The van der Waals surface area contributed by atoms with Gasteiger partial charge in [-0.05, 0) is 23.8 Å². The van der Waals surface area contributed by atoms with Gasteiger partial charge in [0.1, 0.15) is 5.75 Å². The minimum Gasteiger partial charge on any atom is -0.493 e. The summed E-state index contributed by atoms with van der Waals surface area (Å²) in [4.78, 5) is 0. The summed E-state index contributed by atoms with van der Waals surface area (Å²) in [6.07, 6.45) is 2.88. The highest BCUT2D eigenvalue weighted by atomic mass is 35.5. The minimum atomic E-state index is 0.753. The average Bonchev–Trinajstić information content (AvgIpc) is 2.65. The summed E-state index contributed by atoms with van der Waals surface area (Å²) in [6, 6.07) is 6.16. The summed E-state index contributed by atoms with van der Waals surface area (Å²) in [6.45, 7) is 1.56. The molecular weight excluding hydrogens is 198 g/mol. The fourth-order valence-corrected chi connectivity index (χ4v) is 1.61. The third-order valence-corrected chi connectivity index (χ3v) is 2.38. The van der Waals surface area contributed by atoms with Gasteiger partial charge in [0, 0.05) is 24.2 Å². The maximum Gasteiger partial charge on any atom is 0.122 e. The second kappa shape index (κ2) is 4.38. The molecule has 0 radical (unpaired) electrons. The zero-order valence-corrected chi connectivity index (χ0v) is 8.55. The van der Waals surface area contributed by atoms with E-state index in [2.05, 4.69) is 11.4 Å². The molecule has 1 aromatic carbocycles.